The summed E-state index contributed by atoms with van der Waals surface area (Å²) in [6, 6.07) is 6.70. The molecule has 142 valence electrons. The predicted molar refractivity (Wildman–Crippen MR) is 100 cm³/mol. The van der Waals surface area contributed by atoms with Gasteiger partial charge in [-0.15, -0.1) is 0 Å². The smallest absolute Gasteiger partial charge is 0.317 e. The lowest BCUT2D eigenvalue weighted by Crippen LogP contribution is -2.40. The molecule has 0 atom stereocenters. The first-order chi connectivity index (χ1) is 11.7. The minimum absolute atomic E-state index is 0.0643. The number of nitrogens with zero attached hydrogens (tertiary/aromatic N) is 1. The average Bonchev–Trinajstić information content (AvgIpc) is 2.51. The molecule has 0 aliphatic heterocycles. The van der Waals surface area contributed by atoms with Crippen LogP contribution in [0.2, 0.25) is 0 Å². The molecule has 0 aliphatic rings. The van der Waals surface area contributed by atoms with E-state index >= 15 is 0 Å². The number of hydrogen-bond acceptors (Lipinski definition) is 4. The van der Waals surface area contributed by atoms with E-state index in [0.717, 1.165) is 31.1 Å². The van der Waals surface area contributed by atoms with Gasteiger partial charge in [0.05, 0.1) is 6.26 Å². The Bertz CT molecular complexity index is 627. The molecule has 0 unspecified atom stereocenters. The number of benzene rings is 1. The van der Waals surface area contributed by atoms with Gasteiger partial charge in [0.2, 0.25) is 0 Å². The highest BCUT2D eigenvalue weighted by atomic mass is 32.2. The minimum Gasteiger partial charge on any atom is -0.383 e. The Morgan fingerprint density at radius 1 is 1.24 bits per heavy atom. The van der Waals surface area contributed by atoms with E-state index in [1.165, 1.54) is 0 Å². The highest BCUT2D eigenvalue weighted by Gasteiger charge is 2.14. The van der Waals surface area contributed by atoms with Gasteiger partial charge in [-0.2, -0.15) is 8.42 Å². The lowest BCUT2D eigenvalue weighted by molar-refractivity contribution is 0.191. The first-order valence-electron chi connectivity index (χ1n) is 8.72. The van der Waals surface area contributed by atoms with Gasteiger partial charge in [-0.05, 0) is 36.5 Å². The van der Waals surface area contributed by atoms with Crippen LogP contribution in [0.1, 0.15) is 45.6 Å². The fourth-order valence-electron chi connectivity index (χ4n) is 2.20. The SMILES string of the molecule is CCCCNC(=O)N(CCC(C)C)Cc1ccc(OS(C)(=O)=O)cc1. The molecule has 1 aromatic rings. The molecule has 0 spiro atoms. The summed E-state index contributed by atoms with van der Waals surface area (Å²) in [5.41, 5.74) is 0.926. The largest absolute Gasteiger partial charge is 0.383 e. The molecule has 0 fully saturated rings. The maximum atomic E-state index is 12.4. The number of carbonyl (C=O) groups excluding carboxylic acids is 1. The molecule has 0 heterocycles. The summed E-state index contributed by atoms with van der Waals surface area (Å²) in [6.45, 7) is 8.17. The molecule has 1 rings (SSSR count). The summed E-state index contributed by atoms with van der Waals surface area (Å²) in [5.74, 6) is 0.781. The Morgan fingerprint density at radius 2 is 1.88 bits per heavy atom. The predicted octanol–water partition coefficient (Wildman–Crippen LogP) is 3.38. The van der Waals surface area contributed by atoms with Gasteiger partial charge in [-0.1, -0.05) is 39.3 Å². The second-order valence-corrected chi connectivity index (χ2v) is 8.20. The van der Waals surface area contributed by atoms with Crippen LogP contribution < -0.4 is 9.50 Å². The van der Waals surface area contributed by atoms with Crippen molar-refractivity contribution in [1.82, 2.24) is 10.2 Å². The molecule has 2 amide bonds. The molecule has 6 nitrogen and oxygen atoms in total. The maximum Gasteiger partial charge on any atom is 0.317 e. The van der Waals surface area contributed by atoms with Crippen molar-refractivity contribution in [3.8, 4) is 5.75 Å². The summed E-state index contributed by atoms with van der Waals surface area (Å²) >= 11 is 0. The first kappa shape index (κ1) is 21.3. The zero-order valence-corrected chi connectivity index (χ0v) is 16.4. The van der Waals surface area contributed by atoms with Crippen molar-refractivity contribution >= 4 is 16.1 Å². The van der Waals surface area contributed by atoms with Crippen molar-refractivity contribution in [3.05, 3.63) is 29.8 Å². The summed E-state index contributed by atoms with van der Waals surface area (Å²) in [6.07, 6.45) is 3.93. The fraction of sp³-hybridized carbons (Fsp3) is 0.611. The Kier molecular flexibility index (Phi) is 8.75. The Morgan fingerprint density at radius 3 is 2.40 bits per heavy atom. The monoisotopic (exact) mass is 370 g/mol. The molecular weight excluding hydrogens is 340 g/mol. The molecule has 0 aromatic heterocycles. The van der Waals surface area contributed by atoms with Gasteiger partial charge in [0.1, 0.15) is 5.75 Å². The molecule has 1 N–H and O–H groups in total. The third-order valence-corrected chi connectivity index (χ3v) is 4.11. The van der Waals surface area contributed by atoms with Crippen LogP contribution >= 0.6 is 0 Å². The van der Waals surface area contributed by atoms with Crippen LogP contribution in [0.3, 0.4) is 0 Å². The number of nitrogens with one attached hydrogen (secondary N) is 1. The summed E-state index contributed by atoms with van der Waals surface area (Å²) < 4.78 is 27.1. The lowest BCUT2D eigenvalue weighted by atomic mass is 10.1. The molecule has 0 saturated heterocycles. The van der Waals surface area contributed by atoms with Crippen molar-refractivity contribution < 1.29 is 17.4 Å². The van der Waals surface area contributed by atoms with E-state index in [1.54, 1.807) is 29.2 Å². The number of rotatable bonds is 10. The van der Waals surface area contributed by atoms with E-state index in [0.29, 0.717) is 25.6 Å². The highest BCUT2D eigenvalue weighted by molar-refractivity contribution is 7.86. The zero-order chi connectivity index (χ0) is 18.9. The van der Waals surface area contributed by atoms with Crippen LogP contribution in [0.25, 0.3) is 0 Å². The Hall–Kier alpha value is -1.76. The van der Waals surface area contributed by atoms with E-state index in [9.17, 15) is 13.2 Å². The third kappa shape index (κ3) is 9.34. The number of unbranched alkanes of at least 4 members (excludes halogenated alkanes) is 1. The van der Waals surface area contributed by atoms with E-state index in [1.807, 2.05) is 0 Å². The molecule has 0 aliphatic carbocycles. The summed E-state index contributed by atoms with van der Waals surface area (Å²) in [4.78, 5) is 14.2. The quantitative estimate of drug-likeness (QED) is 0.506. The average molecular weight is 371 g/mol. The second kappa shape index (κ2) is 10.3. The van der Waals surface area contributed by atoms with Gasteiger partial charge in [0.15, 0.2) is 0 Å². The van der Waals surface area contributed by atoms with E-state index in [4.69, 9.17) is 4.18 Å². The second-order valence-electron chi connectivity index (χ2n) is 6.62. The Balaban J connectivity index is 2.73. The van der Waals surface area contributed by atoms with E-state index in [2.05, 4.69) is 26.1 Å². The van der Waals surface area contributed by atoms with Crippen molar-refractivity contribution in [1.29, 1.82) is 0 Å². The summed E-state index contributed by atoms with van der Waals surface area (Å²) in [5, 5.41) is 2.95. The van der Waals surface area contributed by atoms with Gasteiger partial charge < -0.3 is 14.4 Å². The van der Waals surface area contributed by atoms with Crippen LogP contribution in [0, 0.1) is 5.92 Å². The zero-order valence-electron chi connectivity index (χ0n) is 15.6. The van der Waals surface area contributed by atoms with Crippen molar-refractivity contribution in [2.24, 2.45) is 5.92 Å². The third-order valence-electron chi connectivity index (χ3n) is 3.61. The maximum absolute atomic E-state index is 12.4. The molecule has 25 heavy (non-hydrogen) atoms. The van der Waals surface area contributed by atoms with Crippen LogP contribution in [-0.2, 0) is 16.7 Å². The normalized spacial score (nSPS) is 11.4. The van der Waals surface area contributed by atoms with Crippen LogP contribution in [0.4, 0.5) is 4.79 Å². The lowest BCUT2D eigenvalue weighted by Gasteiger charge is -2.24. The summed E-state index contributed by atoms with van der Waals surface area (Å²) in [7, 11) is -3.53. The molecular formula is C18H30N2O4S. The van der Waals surface area contributed by atoms with Gasteiger partial charge in [-0.25, -0.2) is 4.79 Å². The topological polar surface area (TPSA) is 75.7 Å². The van der Waals surface area contributed by atoms with Gasteiger partial charge in [0.25, 0.3) is 0 Å². The van der Waals surface area contributed by atoms with Crippen LogP contribution in [-0.4, -0.2) is 38.7 Å². The number of amides is 2. The molecule has 0 bridgehead atoms. The number of urea groups is 1. The number of carbonyl (C=O) groups is 1. The Labute approximate surface area is 151 Å². The van der Waals surface area contributed by atoms with Gasteiger partial charge in [-0.3, -0.25) is 0 Å². The standard InChI is InChI=1S/C18H30N2O4S/c1-5-6-12-19-18(21)20(13-11-15(2)3)14-16-7-9-17(10-8-16)24-25(4,22)23/h7-10,15H,5-6,11-14H2,1-4H3,(H,19,21). The highest BCUT2D eigenvalue weighted by Crippen LogP contribution is 2.16. The van der Waals surface area contributed by atoms with Crippen LogP contribution in [0.5, 0.6) is 5.75 Å². The molecule has 0 saturated carbocycles. The van der Waals surface area contributed by atoms with E-state index < -0.39 is 10.1 Å². The number of hydrogen-bond donors (Lipinski definition) is 1. The first-order valence-corrected chi connectivity index (χ1v) is 10.5. The van der Waals surface area contributed by atoms with Gasteiger partial charge >= 0.3 is 16.1 Å². The fourth-order valence-corrected chi connectivity index (χ4v) is 2.66. The molecule has 7 heteroatoms. The van der Waals surface area contributed by atoms with Gasteiger partial charge in [0, 0.05) is 19.6 Å². The van der Waals surface area contributed by atoms with E-state index in [-0.39, 0.29) is 11.8 Å². The van der Waals surface area contributed by atoms with Crippen molar-refractivity contribution in [3.63, 3.8) is 0 Å². The van der Waals surface area contributed by atoms with Crippen LogP contribution in [0.15, 0.2) is 24.3 Å². The molecule has 0 radical (unpaired) electrons. The molecule has 1 aromatic carbocycles. The van der Waals surface area contributed by atoms with Crippen molar-refractivity contribution in [2.75, 3.05) is 19.3 Å². The van der Waals surface area contributed by atoms with Crippen molar-refractivity contribution in [2.45, 2.75) is 46.6 Å². The minimum atomic E-state index is -3.53.